The Morgan fingerprint density at radius 2 is 1.86 bits per heavy atom. The maximum absolute atomic E-state index is 13.5. The number of unbranched alkanes of at least 4 members (excludes halogenated alkanes) is 1. The number of thiol groups is 1. The zero-order chi connectivity index (χ0) is 26.0. The minimum Gasteiger partial charge on any atom is -0.361 e. The highest BCUT2D eigenvalue weighted by molar-refractivity contribution is 7.80. The normalized spacial score (nSPS) is 14.7. The van der Waals surface area contributed by atoms with Crippen molar-refractivity contribution in [2.24, 2.45) is 17.2 Å². The molecule has 1 aromatic heterocycles. The van der Waals surface area contributed by atoms with Crippen LogP contribution in [0.5, 0.6) is 0 Å². The fourth-order valence-electron chi connectivity index (χ4n) is 3.77. The number of rotatable bonds is 14. The van der Waals surface area contributed by atoms with Gasteiger partial charge in [0, 0.05) is 22.9 Å². The second-order valence-corrected chi connectivity index (χ2v) is 8.76. The number of nitrogens with two attached hydrogens (primary N) is 3. The van der Waals surface area contributed by atoms with Crippen molar-refractivity contribution in [1.29, 1.82) is 0 Å². The first-order valence-corrected chi connectivity index (χ1v) is 12.3. The lowest BCUT2D eigenvalue weighted by molar-refractivity contribution is -0.149. The molecule has 0 spiro atoms. The van der Waals surface area contributed by atoms with Gasteiger partial charge in [-0.3, -0.25) is 24.1 Å². The molecular weight excluding hydrogens is 468 g/mol. The van der Waals surface area contributed by atoms with E-state index in [1.54, 1.807) is 19.4 Å². The number of aromatic nitrogens is 1. The van der Waals surface area contributed by atoms with Crippen LogP contribution in [0.2, 0.25) is 0 Å². The average Bonchev–Trinajstić information content (AvgIpc) is 3.27. The van der Waals surface area contributed by atoms with E-state index in [1.807, 2.05) is 24.3 Å². The summed E-state index contributed by atoms with van der Waals surface area (Å²) in [5.74, 6) is -2.14. The molecule has 191 valence electrons. The molecule has 0 aliphatic carbocycles. The summed E-state index contributed by atoms with van der Waals surface area (Å²) in [5.41, 5.74) is 19.4. The van der Waals surface area contributed by atoms with Crippen LogP contribution >= 0.6 is 12.6 Å². The molecule has 0 saturated heterocycles. The predicted molar refractivity (Wildman–Crippen MR) is 138 cm³/mol. The number of nitrogens with one attached hydrogen (secondary N) is 2. The average molecular weight is 504 g/mol. The summed E-state index contributed by atoms with van der Waals surface area (Å²) < 4.78 is 0. The van der Waals surface area contributed by atoms with Crippen molar-refractivity contribution < 1.29 is 19.2 Å². The van der Waals surface area contributed by atoms with Gasteiger partial charge in [0.2, 0.25) is 18.1 Å². The first-order valence-electron chi connectivity index (χ1n) is 11.7. The molecule has 10 nitrogen and oxygen atoms in total. The predicted octanol–water partition coefficient (Wildman–Crippen LogP) is 0.152. The van der Waals surface area contributed by atoms with E-state index in [0.29, 0.717) is 19.4 Å². The highest BCUT2D eigenvalue weighted by Crippen LogP contribution is 2.19. The Labute approximate surface area is 210 Å². The molecule has 8 N–H and O–H groups in total. The molecule has 3 amide bonds. The summed E-state index contributed by atoms with van der Waals surface area (Å²) in [7, 11) is 0. The number of hydrogen-bond acceptors (Lipinski definition) is 8. The maximum atomic E-state index is 13.5. The molecule has 1 radical (unpaired) electrons. The molecule has 2 aromatic rings. The number of para-hydroxylation sites is 1. The lowest BCUT2D eigenvalue weighted by Gasteiger charge is -2.31. The quantitative estimate of drug-likeness (QED) is 0.157. The Morgan fingerprint density at radius 3 is 2.49 bits per heavy atom. The fourth-order valence-corrected chi connectivity index (χ4v) is 4.01. The Morgan fingerprint density at radius 1 is 1.14 bits per heavy atom. The van der Waals surface area contributed by atoms with E-state index in [-0.39, 0.29) is 25.0 Å². The highest BCUT2D eigenvalue weighted by Gasteiger charge is 2.37. The number of H-pyrrole nitrogens is 1. The van der Waals surface area contributed by atoms with Crippen molar-refractivity contribution in [3.05, 3.63) is 36.0 Å². The zero-order valence-electron chi connectivity index (χ0n) is 19.9. The van der Waals surface area contributed by atoms with Gasteiger partial charge in [0.25, 0.3) is 5.91 Å². The van der Waals surface area contributed by atoms with Crippen LogP contribution < -0.4 is 22.5 Å². The number of nitrogens with zero attached hydrogens (tertiary/aromatic N) is 1. The van der Waals surface area contributed by atoms with Crippen molar-refractivity contribution in [1.82, 2.24) is 15.2 Å². The second kappa shape index (κ2) is 14.0. The summed E-state index contributed by atoms with van der Waals surface area (Å²) in [5, 5.41) is 3.63. The van der Waals surface area contributed by atoms with Gasteiger partial charge in [-0.25, -0.2) is 0 Å². The standard InChI is InChI=1S/C24H35N6O4S/c1-2-18(26)23(33)30(16(13-31)14-35)24(34)21(9-5-6-10-25)29-22(32)19(27)11-15-12-28-20-8-4-3-7-17(15)20/h3-4,7-8,12,16,18-19,21,28,35H,2,5-6,9-11,14,25-27H2,1H3,(H,29,32)/t16-,18?,19?,21-/m0/s1. The van der Waals surface area contributed by atoms with Gasteiger partial charge in [-0.15, -0.1) is 0 Å². The third-order valence-corrected chi connectivity index (χ3v) is 6.21. The van der Waals surface area contributed by atoms with E-state index in [1.165, 1.54) is 0 Å². The van der Waals surface area contributed by atoms with E-state index < -0.39 is 41.9 Å². The molecule has 0 aliphatic rings. The molecule has 1 aromatic carbocycles. The molecular formula is C24H35N6O4S. The van der Waals surface area contributed by atoms with E-state index >= 15 is 0 Å². The van der Waals surface area contributed by atoms with E-state index in [0.717, 1.165) is 21.4 Å². The molecule has 2 rings (SSSR count). The van der Waals surface area contributed by atoms with Crippen LogP contribution in [0.25, 0.3) is 10.9 Å². The van der Waals surface area contributed by atoms with Crippen LogP contribution in [0.3, 0.4) is 0 Å². The largest absolute Gasteiger partial charge is 0.361 e. The van der Waals surface area contributed by atoms with Crippen molar-refractivity contribution in [3.8, 4) is 0 Å². The molecule has 0 fully saturated rings. The minimum absolute atomic E-state index is 0.124. The van der Waals surface area contributed by atoms with Crippen LogP contribution in [0.15, 0.2) is 30.5 Å². The van der Waals surface area contributed by atoms with Gasteiger partial charge in [0.05, 0.1) is 12.1 Å². The van der Waals surface area contributed by atoms with Crippen LogP contribution in [-0.2, 0) is 25.6 Å². The lowest BCUT2D eigenvalue weighted by atomic mass is 10.0. The number of aromatic amines is 1. The highest BCUT2D eigenvalue weighted by atomic mass is 32.1. The number of imide groups is 1. The number of hydrogen-bond donors (Lipinski definition) is 6. The number of amides is 3. The number of carbonyl (C=O) groups excluding carboxylic acids is 4. The third-order valence-electron chi connectivity index (χ3n) is 5.87. The Balaban J connectivity index is 2.24. The Kier molecular flexibility index (Phi) is 11.4. The monoisotopic (exact) mass is 503 g/mol. The van der Waals surface area contributed by atoms with Gasteiger partial charge in [-0.2, -0.15) is 12.6 Å². The van der Waals surface area contributed by atoms with Crippen molar-refractivity contribution in [2.45, 2.75) is 63.2 Å². The third kappa shape index (κ3) is 7.38. The summed E-state index contributed by atoms with van der Waals surface area (Å²) in [6.07, 6.45) is 5.32. The smallest absolute Gasteiger partial charge is 0.252 e. The molecule has 4 atom stereocenters. The van der Waals surface area contributed by atoms with Gasteiger partial charge >= 0.3 is 0 Å². The Hall–Kier alpha value is -2.73. The topological polar surface area (TPSA) is 177 Å². The molecule has 0 saturated carbocycles. The molecule has 35 heavy (non-hydrogen) atoms. The molecule has 2 unspecified atom stereocenters. The van der Waals surface area contributed by atoms with Gasteiger partial charge in [-0.1, -0.05) is 25.1 Å². The van der Waals surface area contributed by atoms with Crippen molar-refractivity contribution in [3.63, 3.8) is 0 Å². The second-order valence-electron chi connectivity index (χ2n) is 8.39. The zero-order valence-corrected chi connectivity index (χ0v) is 20.8. The van der Waals surface area contributed by atoms with E-state index in [2.05, 4.69) is 22.9 Å². The summed E-state index contributed by atoms with van der Waals surface area (Å²) in [6.45, 7) is 2.09. The van der Waals surface area contributed by atoms with E-state index in [9.17, 15) is 19.2 Å². The van der Waals surface area contributed by atoms with Gasteiger partial charge in [-0.05, 0) is 50.3 Å². The molecule has 11 heteroatoms. The van der Waals surface area contributed by atoms with Gasteiger partial charge in [0.15, 0.2) is 0 Å². The summed E-state index contributed by atoms with van der Waals surface area (Å²) in [6, 6.07) is 3.39. The van der Waals surface area contributed by atoms with Crippen LogP contribution in [0.1, 0.15) is 38.2 Å². The van der Waals surface area contributed by atoms with E-state index in [4.69, 9.17) is 17.2 Å². The molecule has 0 bridgehead atoms. The maximum Gasteiger partial charge on any atom is 0.252 e. The van der Waals surface area contributed by atoms with Gasteiger partial charge < -0.3 is 27.5 Å². The first-order chi connectivity index (χ1) is 16.8. The number of benzene rings is 1. The SMILES string of the molecule is CCC(N)C(=O)N(C(=O)[C@H](CCCCN)NC(=O)C(N)Cc1c[nH]c2ccccc12)[C@@H]([C]=O)CS. The van der Waals surface area contributed by atoms with Crippen LogP contribution in [0, 0.1) is 0 Å². The minimum atomic E-state index is -1.23. The first kappa shape index (κ1) is 28.5. The van der Waals surface area contributed by atoms with Crippen LogP contribution in [0.4, 0.5) is 0 Å². The Bertz CT molecular complexity index is 1010. The van der Waals surface area contributed by atoms with Crippen molar-refractivity contribution in [2.75, 3.05) is 12.3 Å². The van der Waals surface area contributed by atoms with Gasteiger partial charge in [0.1, 0.15) is 12.1 Å². The summed E-state index contributed by atoms with van der Waals surface area (Å²) >= 11 is 4.08. The molecule has 0 aliphatic heterocycles. The lowest BCUT2D eigenvalue weighted by Crippen LogP contribution is -2.59. The van der Waals surface area contributed by atoms with Crippen LogP contribution in [-0.4, -0.2) is 70.4 Å². The number of carbonyl (C=O) groups is 3. The number of fused-ring (bicyclic) bond motifs is 1. The molecule has 1 heterocycles. The summed E-state index contributed by atoms with van der Waals surface area (Å²) in [4.78, 5) is 54.7. The van der Waals surface area contributed by atoms with Crippen molar-refractivity contribution >= 4 is 47.5 Å². The fraction of sp³-hybridized carbons (Fsp3) is 0.500.